The fraction of sp³-hybridized carbons (Fsp3) is 0.250. The van der Waals surface area contributed by atoms with Gasteiger partial charge in [-0.05, 0) is 30.5 Å². The van der Waals surface area contributed by atoms with Crippen LogP contribution in [0.15, 0.2) is 24.3 Å². The standard InChI is InChI=1S/C12H11Cl2NO/c13-10-3-1-2-8(12(10)14)4-7-11(16)15-9-5-6-9/h1-4,7,9H,5-6H2,(H,15,16). The van der Waals surface area contributed by atoms with E-state index < -0.39 is 0 Å². The molecule has 1 N–H and O–H groups in total. The van der Waals surface area contributed by atoms with E-state index in [1.54, 1.807) is 18.2 Å². The van der Waals surface area contributed by atoms with E-state index in [4.69, 9.17) is 23.2 Å². The van der Waals surface area contributed by atoms with Gasteiger partial charge in [0.05, 0.1) is 10.0 Å². The minimum Gasteiger partial charge on any atom is -0.350 e. The van der Waals surface area contributed by atoms with Gasteiger partial charge in [-0.3, -0.25) is 4.79 Å². The Morgan fingerprint density at radius 3 is 2.81 bits per heavy atom. The maximum Gasteiger partial charge on any atom is 0.244 e. The molecule has 4 heteroatoms. The zero-order valence-corrected chi connectivity index (χ0v) is 10.1. The molecular weight excluding hydrogens is 245 g/mol. The molecule has 1 aromatic carbocycles. The Morgan fingerprint density at radius 2 is 2.12 bits per heavy atom. The van der Waals surface area contributed by atoms with Crippen molar-refractivity contribution in [2.24, 2.45) is 0 Å². The van der Waals surface area contributed by atoms with Crippen LogP contribution in [0, 0.1) is 0 Å². The van der Waals surface area contributed by atoms with E-state index in [-0.39, 0.29) is 5.91 Å². The second-order valence-corrected chi connectivity index (χ2v) is 4.54. The summed E-state index contributed by atoms with van der Waals surface area (Å²) in [7, 11) is 0. The predicted octanol–water partition coefficient (Wildman–Crippen LogP) is 3.29. The number of benzene rings is 1. The van der Waals surface area contributed by atoms with Crippen LogP contribution < -0.4 is 5.32 Å². The van der Waals surface area contributed by atoms with Crippen LogP contribution in [-0.2, 0) is 4.79 Å². The first kappa shape index (κ1) is 11.5. The molecule has 0 aromatic heterocycles. The highest BCUT2D eigenvalue weighted by Gasteiger charge is 2.22. The number of carbonyl (C=O) groups excluding carboxylic acids is 1. The third kappa shape index (κ3) is 3.00. The van der Waals surface area contributed by atoms with Crippen molar-refractivity contribution in [3.05, 3.63) is 39.9 Å². The van der Waals surface area contributed by atoms with Crippen molar-refractivity contribution in [2.75, 3.05) is 0 Å². The van der Waals surface area contributed by atoms with Crippen LogP contribution in [0.1, 0.15) is 18.4 Å². The van der Waals surface area contributed by atoms with Gasteiger partial charge in [0.1, 0.15) is 0 Å². The SMILES string of the molecule is O=C(C=Cc1cccc(Cl)c1Cl)NC1CC1. The van der Waals surface area contributed by atoms with Gasteiger partial charge in [-0.1, -0.05) is 35.3 Å². The van der Waals surface area contributed by atoms with Crippen molar-refractivity contribution >= 4 is 35.2 Å². The summed E-state index contributed by atoms with van der Waals surface area (Å²) < 4.78 is 0. The normalized spacial score (nSPS) is 15.4. The van der Waals surface area contributed by atoms with Gasteiger partial charge in [-0.2, -0.15) is 0 Å². The Morgan fingerprint density at radius 1 is 1.38 bits per heavy atom. The summed E-state index contributed by atoms with van der Waals surface area (Å²) in [6, 6.07) is 5.69. The highest BCUT2D eigenvalue weighted by atomic mass is 35.5. The third-order valence-corrected chi connectivity index (χ3v) is 3.15. The molecule has 0 aliphatic heterocycles. The first-order valence-corrected chi connectivity index (χ1v) is 5.85. The fourth-order valence-corrected chi connectivity index (χ4v) is 1.66. The van der Waals surface area contributed by atoms with Crippen LogP contribution in [-0.4, -0.2) is 11.9 Å². The van der Waals surface area contributed by atoms with Crippen LogP contribution >= 0.6 is 23.2 Å². The number of hydrogen-bond donors (Lipinski definition) is 1. The molecule has 2 nitrogen and oxygen atoms in total. The van der Waals surface area contributed by atoms with Gasteiger partial charge >= 0.3 is 0 Å². The topological polar surface area (TPSA) is 29.1 Å². The maximum absolute atomic E-state index is 11.4. The second-order valence-electron chi connectivity index (χ2n) is 3.76. The van der Waals surface area contributed by atoms with E-state index in [9.17, 15) is 4.79 Å². The van der Waals surface area contributed by atoms with Gasteiger partial charge in [0.15, 0.2) is 0 Å². The van der Waals surface area contributed by atoms with Crippen LogP contribution in [0.5, 0.6) is 0 Å². The second kappa shape index (κ2) is 4.89. The number of hydrogen-bond acceptors (Lipinski definition) is 1. The maximum atomic E-state index is 11.4. The van der Waals surface area contributed by atoms with Crippen molar-refractivity contribution in [3.63, 3.8) is 0 Å². The largest absolute Gasteiger partial charge is 0.350 e. The number of halogens is 2. The molecule has 1 amide bonds. The lowest BCUT2D eigenvalue weighted by atomic mass is 10.2. The van der Waals surface area contributed by atoms with E-state index >= 15 is 0 Å². The highest BCUT2D eigenvalue weighted by molar-refractivity contribution is 6.42. The summed E-state index contributed by atoms with van der Waals surface area (Å²) in [6.07, 6.45) is 5.32. The molecule has 0 unspecified atom stereocenters. The molecule has 0 bridgehead atoms. The molecule has 0 atom stereocenters. The lowest BCUT2D eigenvalue weighted by molar-refractivity contribution is -0.116. The van der Waals surface area contributed by atoms with Crippen LogP contribution in [0.2, 0.25) is 10.0 Å². The molecule has 1 aliphatic carbocycles. The Kier molecular flexibility index (Phi) is 3.52. The van der Waals surface area contributed by atoms with E-state index in [1.807, 2.05) is 6.07 Å². The molecule has 0 spiro atoms. The molecule has 1 saturated carbocycles. The number of amides is 1. The molecule has 0 saturated heterocycles. The van der Waals surface area contributed by atoms with Crippen molar-refractivity contribution < 1.29 is 4.79 Å². The summed E-state index contributed by atoms with van der Waals surface area (Å²) in [6.45, 7) is 0. The smallest absolute Gasteiger partial charge is 0.244 e. The summed E-state index contributed by atoms with van der Waals surface area (Å²) in [5, 5.41) is 3.82. The number of rotatable bonds is 3. The quantitative estimate of drug-likeness (QED) is 0.826. The zero-order chi connectivity index (χ0) is 11.5. The average molecular weight is 256 g/mol. The van der Waals surface area contributed by atoms with Gasteiger partial charge in [0.2, 0.25) is 5.91 Å². The van der Waals surface area contributed by atoms with E-state index in [1.165, 1.54) is 6.08 Å². The van der Waals surface area contributed by atoms with E-state index in [0.717, 1.165) is 18.4 Å². The lowest BCUT2D eigenvalue weighted by Crippen LogP contribution is -2.22. The monoisotopic (exact) mass is 255 g/mol. The van der Waals surface area contributed by atoms with Gasteiger partial charge in [-0.15, -0.1) is 0 Å². The number of carbonyl (C=O) groups is 1. The van der Waals surface area contributed by atoms with Crippen LogP contribution in [0.3, 0.4) is 0 Å². The van der Waals surface area contributed by atoms with Crippen LogP contribution in [0.25, 0.3) is 6.08 Å². The van der Waals surface area contributed by atoms with Gasteiger partial charge < -0.3 is 5.32 Å². The molecule has 16 heavy (non-hydrogen) atoms. The molecule has 2 rings (SSSR count). The van der Waals surface area contributed by atoms with Crippen LogP contribution in [0.4, 0.5) is 0 Å². The zero-order valence-electron chi connectivity index (χ0n) is 8.54. The van der Waals surface area contributed by atoms with Crippen molar-refractivity contribution in [2.45, 2.75) is 18.9 Å². The summed E-state index contributed by atoms with van der Waals surface area (Å²) >= 11 is 11.8. The lowest BCUT2D eigenvalue weighted by Gasteiger charge is -2.00. The minimum absolute atomic E-state index is 0.0847. The van der Waals surface area contributed by atoms with Gasteiger partial charge in [0, 0.05) is 12.1 Å². The van der Waals surface area contributed by atoms with E-state index in [2.05, 4.69) is 5.32 Å². The Bertz CT molecular complexity index is 439. The first-order chi connectivity index (χ1) is 7.66. The minimum atomic E-state index is -0.0847. The molecule has 1 aromatic rings. The first-order valence-electron chi connectivity index (χ1n) is 5.09. The third-order valence-electron chi connectivity index (χ3n) is 2.32. The van der Waals surface area contributed by atoms with Crippen molar-refractivity contribution in [1.82, 2.24) is 5.32 Å². The van der Waals surface area contributed by atoms with Crippen molar-refractivity contribution in [1.29, 1.82) is 0 Å². The van der Waals surface area contributed by atoms with Gasteiger partial charge in [-0.25, -0.2) is 0 Å². The Labute approximate surface area is 104 Å². The average Bonchev–Trinajstić information content (AvgIpc) is 3.04. The van der Waals surface area contributed by atoms with Gasteiger partial charge in [0.25, 0.3) is 0 Å². The number of nitrogens with one attached hydrogen (secondary N) is 1. The Balaban J connectivity index is 2.04. The highest BCUT2D eigenvalue weighted by Crippen LogP contribution is 2.26. The van der Waals surface area contributed by atoms with Crippen molar-refractivity contribution in [3.8, 4) is 0 Å². The summed E-state index contributed by atoms with van der Waals surface area (Å²) in [5.41, 5.74) is 0.750. The fourth-order valence-electron chi connectivity index (χ4n) is 1.29. The molecular formula is C12H11Cl2NO. The molecule has 84 valence electrons. The predicted molar refractivity (Wildman–Crippen MR) is 66.7 cm³/mol. The molecule has 1 aliphatic rings. The van der Waals surface area contributed by atoms with E-state index in [0.29, 0.717) is 16.1 Å². The molecule has 0 radical (unpaired) electrons. The molecule has 1 fully saturated rings. The Hall–Kier alpha value is -0.990. The molecule has 0 heterocycles. The summed E-state index contributed by atoms with van der Waals surface area (Å²) in [5.74, 6) is -0.0847. The summed E-state index contributed by atoms with van der Waals surface area (Å²) in [4.78, 5) is 11.4.